The summed E-state index contributed by atoms with van der Waals surface area (Å²) < 4.78 is 17.9. The Bertz CT molecular complexity index is 1720. The summed E-state index contributed by atoms with van der Waals surface area (Å²) >= 11 is 5.96. The third-order valence-corrected chi connectivity index (χ3v) is 6.93. The van der Waals surface area contributed by atoms with Gasteiger partial charge in [-0.1, -0.05) is 28.9 Å². The topological polar surface area (TPSA) is 133 Å². The predicted molar refractivity (Wildman–Crippen MR) is 158 cm³/mol. The van der Waals surface area contributed by atoms with Crippen molar-refractivity contribution in [2.24, 2.45) is 0 Å². The molecule has 0 radical (unpaired) electrons. The molecule has 43 heavy (non-hydrogen) atoms. The van der Waals surface area contributed by atoms with E-state index in [0.717, 1.165) is 0 Å². The van der Waals surface area contributed by atoms with Crippen LogP contribution in [0.4, 0.5) is 5.69 Å². The predicted octanol–water partition coefficient (Wildman–Crippen LogP) is 4.01. The van der Waals surface area contributed by atoms with E-state index < -0.39 is 17.8 Å². The van der Waals surface area contributed by atoms with Crippen molar-refractivity contribution in [3.63, 3.8) is 0 Å². The van der Waals surface area contributed by atoms with Crippen molar-refractivity contribution < 1.29 is 33.7 Å². The van der Waals surface area contributed by atoms with Crippen LogP contribution >= 0.6 is 11.6 Å². The zero-order chi connectivity index (χ0) is 30.5. The van der Waals surface area contributed by atoms with Gasteiger partial charge in [-0.2, -0.15) is 0 Å². The van der Waals surface area contributed by atoms with Crippen LogP contribution in [-0.2, 0) is 17.9 Å². The molecule has 12 heteroatoms. The third kappa shape index (κ3) is 6.58. The molecule has 4 aromatic rings. The van der Waals surface area contributed by atoms with E-state index in [1.54, 1.807) is 81.1 Å². The molecule has 0 bridgehead atoms. The maximum Gasteiger partial charge on any atom is 0.299 e. The summed E-state index contributed by atoms with van der Waals surface area (Å²) in [6, 6.07) is 16.7. The highest BCUT2D eigenvalue weighted by atomic mass is 35.5. The quantitative estimate of drug-likeness (QED) is 0.145. The molecule has 0 saturated heterocycles. The molecule has 220 valence electrons. The fourth-order valence-corrected chi connectivity index (χ4v) is 4.76. The Labute approximate surface area is 251 Å². The largest absolute Gasteiger partial charge is 0.497 e. The summed E-state index contributed by atoms with van der Waals surface area (Å²) in [5.41, 5.74) is 2.14. The number of benzene rings is 3. The van der Waals surface area contributed by atoms with Crippen LogP contribution in [0.25, 0.3) is 6.08 Å². The van der Waals surface area contributed by atoms with Gasteiger partial charge in [0.2, 0.25) is 0 Å². The van der Waals surface area contributed by atoms with Gasteiger partial charge >= 0.3 is 0 Å². The number of aliphatic hydroxyl groups is 1. The molecule has 3 aromatic carbocycles. The summed E-state index contributed by atoms with van der Waals surface area (Å²) in [5.74, 6) is -0.0881. The minimum atomic E-state index is -1.04. The Morgan fingerprint density at radius 2 is 1.84 bits per heavy atom. The molecule has 5 rings (SSSR count). The number of para-hydroxylation sites is 1. The maximum atomic E-state index is 13.0. The number of carbonyl (C=O) groups excluding carboxylic acids is 3. The summed E-state index contributed by atoms with van der Waals surface area (Å²) in [7, 11) is 3.11. The molecule has 11 nitrogen and oxygen atoms in total. The molecule has 1 atom stereocenters. The number of hydrogen-bond donors (Lipinski definition) is 1. The number of aromatic nitrogens is 3. The first-order valence-electron chi connectivity index (χ1n) is 13.2. The van der Waals surface area contributed by atoms with Crippen LogP contribution in [0.5, 0.6) is 17.2 Å². The van der Waals surface area contributed by atoms with Gasteiger partial charge in [0, 0.05) is 16.7 Å². The SMILES string of the molecule is COc1ccc(/C=C/C(=O)c2ccccc2OCc2cn(CC(O)CN3C(=O)C(=O)c4cc(Cl)ccc43)nn2)c(OC)c1. The van der Waals surface area contributed by atoms with Crippen LogP contribution < -0.4 is 19.1 Å². The molecule has 1 unspecified atom stereocenters. The van der Waals surface area contributed by atoms with Gasteiger partial charge in [-0.25, -0.2) is 4.68 Å². The lowest BCUT2D eigenvalue weighted by Gasteiger charge is -2.20. The van der Waals surface area contributed by atoms with Crippen LogP contribution in [0.15, 0.2) is 72.9 Å². The summed E-state index contributed by atoms with van der Waals surface area (Å²) in [5, 5.41) is 19.1. The molecule has 1 aliphatic rings. The summed E-state index contributed by atoms with van der Waals surface area (Å²) in [6.07, 6.45) is 3.65. The number of fused-ring (bicyclic) bond motifs is 1. The van der Waals surface area contributed by atoms with Crippen LogP contribution in [0, 0.1) is 0 Å². The fourth-order valence-electron chi connectivity index (χ4n) is 4.59. The number of allylic oxidation sites excluding steroid dienone is 1. The highest BCUT2D eigenvalue weighted by molar-refractivity contribution is 6.52. The van der Waals surface area contributed by atoms with E-state index in [-0.39, 0.29) is 31.0 Å². The highest BCUT2D eigenvalue weighted by Gasteiger charge is 2.36. The second kappa shape index (κ2) is 12.9. The molecule has 2 heterocycles. The number of methoxy groups -OCH3 is 2. The van der Waals surface area contributed by atoms with Gasteiger partial charge in [0.1, 0.15) is 29.5 Å². The first-order chi connectivity index (χ1) is 20.8. The first kappa shape index (κ1) is 29.5. The van der Waals surface area contributed by atoms with Crippen LogP contribution in [0.3, 0.4) is 0 Å². The maximum absolute atomic E-state index is 13.0. The normalized spacial score (nSPS) is 13.3. The Balaban J connectivity index is 1.20. The van der Waals surface area contributed by atoms with Crippen molar-refractivity contribution in [1.82, 2.24) is 15.0 Å². The number of anilines is 1. The van der Waals surface area contributed by atoms with Gasteiger partial charge < -0.3 is 24.2 Å². The number of β-amino-alcohol motifs (C(OH)–C–C–N with tert-alkyl or cyclic N) is 1. The second-order valence-corrected chi connectivity index (χ2v) is 10.0. The van der Waals surface area contributed by atoms with E-state index in [4.69, 9.17) is 25.8 Å². The van der Waals surface area contributed by atoms with Gasteiger partial charge in [0.15, 0.2) is 5.78 Å². The van der Waals surface area contributed by atoms with E-state index in [2.05, 4.69) is 10.3 Å². The molecule has 0 spiro atoms. The second-order valence-electron chi connectivity index (χ2n) is 9.58. The number of ether oxygens (including phenoxy) is 3. The monoisotopic (exact) mass is 602 g/mol. The molecule has 0 saturated carbocycles. The van der Waals surface area contributed by atoms with Crippen LogP contribution in [0.1, 0.15) is 32.0 Å². The average Bonchev–Trinajstić information content (AvgIpc) is 3.56. The molecular weight excluding hydrogens is 576 g/mol. The fraction of sp³-hybridized carbons (Fsp3) is 0.194. The average molecular weight is 603 g/mol. The third-order valence-electron chi connectivity index (χ3n) is 6.69. The van der Waals surface area contributed by atoms with Gasteiger partial charge in [0.25, 0.3) is 11.7 Å². The Hall–Kier alpha value is -5.00. The lowest BCUT2D eigenvalue weighted by atomic mass is 10.1. The van der Waals surface area contributed by atoms with E-state index in [1.807, 2.05) is 0 Å². The molecular formula is C31H27ClN4O7. The van der Waals surface area contributed by atoms with Crippen molar-refractivity contribution in [3.05, 3.63) is 100 Å². The number of aliphatic hydroxyl groups excluding tert-OH is 1. The van der Waals surface area contributed by atoms with E-state index in [1.165, 1.54) is 21.7 Å². The molecule has 0 fully saturated rings. The minimum absolute atomic E-state index is 0.0165. The van der Waals surface area contributed by atoms with Gasteiger partial charge in [-0.3, -0.25) is 14.4 Å². The van der Waals surface area contributed by atoms with E-state index in [9.17, 15) is 19.5 Å². The highest BCUT2D eigenvalue weighted by Crippen LogP contribution is 2.31. The Morgan fingerprint density at radius 3 is 2.63 bits per heavy atom. The van der Waals surface area contributed by atoms with Crippen molar-refractivity contribution in [2.75, 3.05) is 25.7 Å². The number of amides is 1. The lowest BCUT2D eigenvalue weighted by molar-refractivity contribution is -0.114. The number of halogens is 1. The van der Waals surface area contributed by atoms with Crippen LogP contribution in [0.2, 0.25) is 5.02 Å². The van der Waals surface area contributed by atoms with Crippen molar-refractivity contribution in [3.8, 4) is 17.2 Å². The molecule has 1 aromatic heterocycles. The van der Waals surface area contributed by atoms with Crippen molar-refractivity contribution in [2.45, 2.75) is 19.3 Å². The van der Waals surface area contributed by atoms with Crippen molar-refractivity contribution >= 4 is 40.8 Å². The Kier molecular flexibility index (Phi) is 8.84. The molecule has 1 aliphatic heterocycles. The smallest absolute Gasteiger partial charge is 0.299 e. The van der Waals surface area contributed by atoms with E-state index >= 15 is 0 Å². The number of carbonyl (C=O) groups is 3. The van der Waals surface area contributed by atoms with Gasteiger partial charge in [-0.15, -0.1) is 5.10 Å². The summed E-state index contributed by atoms with van der Waals surface area (Å²) in [6.45, 7) is -0.0808. The zero-order valence-corrected chi connectivity index (χ0v) is 24.0. The Morgan fingerprint density at radius 1 is 1.02 bits per heavy atom. The number of Topliss-reactive ketones (excluding diaryl/α,β-unsaturated/α-hetero) is 1. The number of nitrogens with zero attached hydrogens (tertiary/aromatic N) is 4. The molecule has 0 aliphatic carbocycles. The molecule has 1 N–H and O–H groups in total. The number of ketones is 2. The minimum Gasteiger partial charge on any atom is -0.497 e. The standard InChI is InChI=1S/C31H27ClN4O7/c1-41-23-10-7-19(29(14-23)42-2)8-12-27(38)24-5-3-4-6-28(24)43-18-21-15-35(34-33-21)16-22(37)17-36-26-11-9-20(32)13-25(26)30(39)31(36)40/h3-15,22,37H,16-18H2,1-2H3/b12-8+. The van der Waals surface area contributed by atoms with Gasteiger partial charge in [0.05, 0.1) is 56.4 Å². The molecule has 1 amide bonds. The first-order valence-corrected chi connectivity index (χ1v) is 13.5. The number of rotatable bonds is 12. The van der Waals surface area contributed by atoms with Crippen LogP contribution in [-0.4, -0.2) is 64.4 Å². The number of hydrogen-bond acceptors (Lipinski definition) is 9. The zero-order valence-electron chi connectivity index (χ0n) is 23.3. The van der Waals surface area contributed by atoms with Gasteiger partial charge in [-0.05, 0) is 54.6 Å². The van der Waals surface area contributed by atoms with Crippen molar-refractivity contribution in [1.29, 1.82) is 0 Å². The van der Waals surface area contributed by atoms with E-state index in [0.29, 0.717) is 44.8 Å². The summed E-state index contributed by atoms with van der Waals surface area (Å²) in [4.78, 5) is 39.0. The lowest BCUT2D eigenvalue weighted by Crippen LogP contribution is -2.38.